The van der Waals surface area contributed by atoms with E-state index < -0.39 is 34.6 Å². The van der Waals surface area contributed by atoms with Crippen LogP contribution in [0.15, 0.2) is 48.5 Å². The zero-order valence-corrected chi connectivity index (χ0v) is 22.0. The molecular weight excluding hydrogens is 488 g/mol. The maximum atomic E-state index is 14.3. The van der Waals surface area contributed by atoms with Crippen LogP contribution in [-0.4, -0.2) is 63.2 Å². The van der Waals surface area contributed by atoms with Gasteiger partial charge in [0.05, 0.1) is 10.8 Å². The van der Waals surface area contributed by atoms with Gasteiger partial charge in [0.25, 0.3) is 0 Å². The molecule has 2 bridgehead atoms. The van der Waals surface area contributed by atoms with Crippen molar-refractivity contribution in [1.29, 1.82) is 0 Å². The zero-order valence-electron chi connectivity index (χ0n) is 22.0. The van der Waals surface area contributed by atoms with Gasteiger partial charge in [-0.1, -0.05) is 48.5 Å². The molecule has 2 saturated heterocycles. The summed E-state index contributed by atoms with van der Waals surface area (Å²) in [6, 6.07) is 16.1. The molecule has 0 amide bonds. The molecule has 3 fully saturated rings. The number of ether oxygens (including phenoxy) is 6. The molecule has 1 saturated carbocycles. The molecule has 0 aromatic heterocycles. The third-order valence-corrected chi connectivity index (χ3v) is 10.0. The van der Waals surface area contributed by atoms with Gasteiger partial charge in [0.15, 0.2) is 0 Å². The first-order chi connectivity index (χ1) is 18.2. The van der Waals surface area contributed by atoms with E-state index in [1.54, 1.807) is 13.8 Å². The Morgan fingerprint density at radius 1 is 0.684 bits per heavy atom. The van der Waals surface area contributed by atoms with Gasteiger partial charge in [0.2, 0.25) is 11.6 Å². The van der Waals surface area contributed by atoms with Gasteiger partial charge >= 0.3 is 11.9 Å². The second-order valence-corrected chi connectivity index (χ2v) is 11.5. The summed E-state index contributed by atoms with van der Waals surface area (Å²) < 4.78 is 36.2. The first-order valence-corrected chi connectivity index (χ1v) is 13.2. The van der Waals surface area contributed by atoms with Crippen molar-refractivity contribution >= 4 is 11.9 Å². The van der Waals surface area contributed by atoms with Crippen LogP contribution in [0.3, 0.4) is 0 Å². The number of methoxy groups -OCH3 is 2. The van der Waals surface area contributed by atoms with Crippen molar-refractivity contribution in [3.63, 3.8) is 0 Å². The number of benzene rings is 2. The van der Waals surface area contributed by atoms with Crippen molar-refractivity contribution in [2.24, 2.45) is 10.8 Å². The fourth-order valence-corrected chi connectivity index (χ4v) is 8.15. The smallest absolute Gasteiger partial charge is 0.313 e. The quantitative estimate of drug-likeness (QED) is 0.558. The van der Waals surface area contributed by atoms with Crippen LogP contribution < -0.4 is 0 Å². The summed E-state index contributed by atoms with van der Waals surface area (Å²) in [5.74, 6) is -3.85. The van der Waals surface area contributed by atoms with Gasteiger partial charge in [-0.3, -0.25) is 9.59 Å². The Balaban J connectivity index is 1.35. The average Bonchev–Trinajstić information content (AvgIpc) is 3.39. The van der Waals surface area contributed by atoms with Crippen molar-refractivity contribution in [2.75, 3.05) is 27.4 Å². The molecule has 200 valence electrons. The van der Waals surface area contributed by atoms with Gasteiger partial charge in [-0.25, -0.2) is 0 Å². The largest absolute Gasteiger partial charge is 0.462 e. The maximum Gasteiger partial charge on any atom is 0.313 e. The first-order valence-electron chi connectivity index (χ1n) is 13.2. The average molecular weight is 521 g/mol. The van der Waals surface area contributed by atoms with Crippen molar-refractivity contribution in [3.05, 3.63) is 70.8 Å². The highest BCUT2D eigenvalue weighted by atomic mass is 16.8. The SMILES string of the molecule is CO[C@]1(C)O[C@H]2COC(=O)C34Cc5ccccc5C3C3(Cc5ccccc5C43)C(=O)OC[C@@H]2O[C@@]1(C)OC. The molecule has 2 heterocycles. The van der Waals surface area contributed by atoms with Crippen molar-refractivity contribution in [2.45, 2.75) is 62.3 Å². The summed E-state index contributed by atoms with van der Waals surface area (Å²) in [6.07, 6.45) is -0.412. The van der Waals surface area contributed by atoms with E-state index in [4.69, 9.17) is 28.4 Å². The summed E-state index contributed by atoms with van der Waals surface area (Å²) in [7, 11) is 3.01. The summed E-state index contributed by atoms with van der Waals surface area (Å²) >= 11 is 0. The minimum absolute atomic E-state index is 0.0635. The molecule has 7 rings (SSSR count). The number of esters is 2. The summed E-state index contributed by atoms with van der Waals surface area (Å²) in [5.41, 5.74) is 2.46. The number of carbonyl (C=O) groups excluding carboxylic acids is 2. The van der Waals surface area contributed by atoms with Crippen LogP contribution in [0.5, 0.6) is 0 Å². The number of cyclic esters (lactones) is 2. The van der Waals surface area contributed by atoms with Gasteiger partial charge in [-0.05, 0) is 48.9 Å². The Bertz CT molecular complexity index is 1230. The van der Waals surface area contributed by atoms with Crippen LogP contribution in [0.2, 0.25) is 0 Å². The Labute approximate surface area is 221 Å². The third kappa shape index (κ3) is 2.74. The van der Waals surface area contributed by atoms with E-state index in [1.807, 2.05) is 36.4 Å². The second kappa shape index (κ2) is 7.88. The topological polar surface area (TPSA) is 89.5 Å². The highest BCUT2D eigenvalue weighted by molar-refractivity contribution is 5.95. The lowest BCUT2D eigenvalue weighted by molar-refractivity contribution is -0.451. The zero-order chi connectivity index (χ0) is 26.5. The second-order valence-electron chi connectivity index (χ2n) is 11.5. The molecule has 8 heteroatoms. The van der Waals surface area contributed by atoms with Crippen LogP contribution in [0, 0.1) is 10.8 Å². The van der Waals surface area contributed by atoms with E-state index in [0.717, 1.165) is 22.3 Å². The van der Waals surface area contributed by atoms with Crippen molar-refractivity contribution in [1.82, 2.24) is 0 Å². The predicted molar refractivity (Wildman–Crippen MR) is 133 cm³/mol. The standard InChI is InChI=1S/C30H32O8/c1-27(33-3)28(2,34-4)38-22-16-36-26(32)30-14-18-10-6-8-12-20(18)24(30)29(25(31)35-15-21(22)37-27)13-17-9-5-7-11-19(17)23(29)30/h5-12,21-24H,13-16H2,1-4H3/t21-,22-,23?,24?,27+,28+,29?,30?/m0/s1. The molecular formula is C30H32O8. The number of hydrogen-bond acceptors (Lipinski definition) is 8. The minimum Gasteiger partial charge on any atom is -0.462 e. The third-order valence-electron chi connectivity index (χ3n) is 10.0. The van der Waals surface area contributed by atoms with Crippen LogP contribution in [-0.2, 0) is 50.9 Å². The molecule has 8 nitrogen and oxygen atoms in total. The van der Waals surface area contributed by atoms with Crippen molar-refractivity contribution in [3.8, 4) is 0 Å². The first kappa shape index (κ1) is 24.3. The Morgan fingerprint density at radius 3 is 1.47 bits per heavy atom. The van der Waals surface area contributed by atoms with E-state index in [0.29, 0.717) is 12.8 Å². The van der Waals surface area contributed by atoms with Crippen LogP contribution >= 0.6 is 0 Å². The van der Waals surface area contributed by atoms with Gasteiger partial charge in [-0.15, -0.1) is 0 Å². The van der Waals surface area contributed by atoms with Gasteiger partial charge in [0, 0.05) is 26.1 Å². The molecule has 2 aromatic rings. The fourth-order valence-electron chi connectivity index (χ4n) is 8.15. The van der Waals surface area contributed by atoms with Gasteiger partial charge in [-0.2, -0.15) is 0 Å². The summed E-state index contributed by atoms with van der Waals surface area (Å²) in [5, 5.41) is 0. The number of carbonyl (C=O) groups is 2. The van der Waals surface area contributed by atoms with Gasteiger partial charge in [0.1, 0.15) is 25.4 Å². The molecule has 4 atom stereocenters. The molecule has 3 aliphatic carbocycles. The molecule has 0 unspecified atom stereocenters. The molecule has 2 aliphatic heterocycles. The number of fused-ring (bicyclic) bond motifs is 4. The Kier molecular flexibility index (Phi) is 5.03. The summed E-state index contributed by atoms with van der Waals surface area (Å²) in [4.78, 5) is 28.5. The maximum absolute atomic E-state index is 14.3. The lowest BCUT2D eigenvalue weighted by Crippen LogP contribution is -2.66. The van der Waals surface area contributed by atoms with E-state index >= 15 is 0 Å². The molecule has 2 aromatic carbocycles. The fraction of sp³-hybridized carbons (Fsp3) is 0.533. The van der Waals surface area contributed by atoms with Gasteiger partial charge < -0.3 is 28.4 Å². The lowest BCUT2D eigenvalue weighted by atomic mass is 9.39. The molecule has 1 spiro atoms. The molecule has 5 aliphatic rings. The number of hydrogen-bond donors (Lipinski definition) is 0. The molecule has 38 heavy (non-hydrogen) atoms. The lowest BCUT2D eigenvalue weighted by Gasteiger charge is -2.60. The normalized spacial score (nSPS) is 42.7. The van der Waals surface area contributed by atoms with Crippen LogP contribution in [0.25, 0.3) is 0 Å². The van der Waals surface area contributed by atoms with E-state index in [9.17, 15) is 9.59 Å². The van der Waals surface area contributed by atoms with E-state index in [-0.39, 0.29) is 37.0 Å². The summed E-state index contributed by atoms with van der Waals surface area (Å²) in [6.45, 7) is 3.30. The van der Waals surface area contributed by atoms with Crippen LogP contribution in [0.1, 0.15) is 47.9 Å². The predicted octanol–water partition coefficient (Wildman–Crippen LogP) is 3.26. The van der Waals surface area contributed by atoms with Crippen molar-refractivity contribution < 1.29 is 38.0 Å². The monoisotopic (exact) mass is 520 g/mol. The van der Waals surface area contributed by atoms with E-state index in [2.05, 4.69) is 12.1 Å². The molecule has 0 radical (unpaired) electrons. The van der Waals surface area contributed by atoms with E-state index in [1.165, 1.54) is 14.2 Å². The Morgan fingerprint density at radius 2 is 1.08 bits per heavy atom. The Hall–Kier alpha value is -2.78. The highest BCUT2D eigenvalue weighted by Crippen LogP contribution is 2.80. The minimum atomic E-state index is -1.28. The number of rotatable bonds is 2. The van der Waals surface area contributed by atoms with Crippen LogP contribution in [0.4, 0.5) is 0 Å². The highest BCUT2D eigenvalue weighted by Gasteiger charge is 2.82. The molecule has 0 N–H and O–H groups in total.